The zero-order chi connectivity index (χ0) is 20.4. The van der Waals surface area contributed by atoms with Crippen molar-refractivity contribution >= 4 is 17.5 Å². The molecule has 150 valence electrons. The first-order chi connectivity index (χ1) is 13.6. The van der Waals surface area contributed by atoms with Crippen molar-refractivity contribution in [2.45, 2.75) is 20.8 Å². The van der Waals surface area contributed by atoms with Gasteiger partial charge >= 0.3 is 0 Å². The Balaban J connectivity index is 2.11. The molecule has 0 aliphatic rings. The fourth-order valence-electron chi connectivity index (χ4n) is 2.76. The summed E-state index contributed by atoms with van der Waals surface area (Å²) < 4.78 is 10.9. The first-order valence-corrected chi connectivity index (χ1v) is 9.60. The van der Waals surface area contributed by atoms with Gasteiger partial charge in [0.25, 0.3) is 11.8 Å². The third kappa shape index (κ3) is 5.82. The molecule has 0 fully saturated rings. The van der Waals surface area contributed by atoms with Gasteiger partial charge in [0.05, 0.1) is 12.2 Å². The Morgan fingerprint density at radius 1 is 0.964 bits per heavy atom. The van der Waals surface area contributed by atoms with Crippen LogP contribution < -0.4 is 10.1 Å². The summed E-state index contributed by atoms with van der Waals surface area (Å²) in [5.74, 6) is 0.148. The van der Waals surface area contributed by atoms with E-state index in [0.717, 1.165) is 0 Å². The molecule has 0 aromatic heterocycles. The van der Waals surface area contributed by atoms with Gasteiger partial charge in [-0.25, -0.2) is 0 Å². The summed E-state index contributed by atoms with van der Waals surface area (Å²) in [6, 6.07) is 14.0. The highest BCUT2D eigenvalue weighted by Crippen LogP contribution is 2.20. The molecule has 2 aromatic rings. The molecule has 0 bridgehead atoms. The first kappa shape index (κ1) is 21.4. The number of carbonyl (C=O) groups is 2. The van der Waals surface area contributed by atoms with Crippen LogP contribution in [0, 0.1) is 0 Å². The molecule has 0 saturated heterocycles. The number of hydrogen-bond donors (Lipinski definition) is 1. The van der Waals surface area contributed by atoms with E-state index in [4.69, 9.17) is 9.47 Å². The Morgan fingerprint density at radius 3 is 2.43 bits per heavy atom. The molecule has 0 unspecified atom stereocenters. The number of benzene rings is 2. The minimum atomic E-state index is -0.292. The predicted molar refractivity (Wildman–Crippen MR) is 110 cm³/mol. The van der Waals surface area contributed by atoms with Crippen LogP contribution >= 0.6 is 0 Å². The highest BCUT2D eigenvalue weighted by molar-refractivity contribution is 6.06. The summed E-state index contributed by atoms with van der Waals surface area (Å²) in [7, 11) is 0. The highest BCUT2D eigenvalue weighted by atomic mass is 16.5. The van der Waals surface area contributed by atoms with Crippen molar-refractivity contribution in [2.24, 2.45) is 0 Å². The zero-order valence-electron chi connectivity index (χ0n) is 16.7. The molecule has 0 aliphatic heterocycles. The predicted octanol–water partition coefficient (Wildman–Crippen LogP) is 3.84. The third-order valence-corrected chi connectivity index (χ3v) is 4.24. The summed E-state index contributed by atoms with van der Waals surface area (Å²) in [5.41, 5.74) is 1.54. The van der Waals surface area contributed by atoms with Crippen molar-refractivity contribution in [1.82, 2.24) is 4.90 Å². The monoisotopic (exact) mass is 384 g/mol. The van der Waals surface area contributed by atoms with E-state index < -0.39 is 0 Å². The molecular formula is C22H28N2O4. The largest absolute Gasteiger partial charge is 0.490 e. The van der Waals surface area contributed by atoms with Gasteiger partial charge in [-0.15, -0.1) is 0 Å². The van der Waals surface area contributed by atoms with E-state index in [1.807, 2.05) is 26.8 Å². The second-order valence-electron chi connectivity index (χ2n) is 6.05. The van der Waals surface area contributed by atoms with Crippen LogP contribution in [-0.4, -0.2) is 49.6 Å². The molecule has 0 saturated carbocycles. The number of para-hydroxylation sites is 1. The van der Waals surface area contributed by atoms with E-state index >= 15 is 0 Å². The summed E-state index contributed by atoms with van der Waals surface area (Å²) in [6.07, 6.45) is 0. The molecule has 0 spiro atoms. The van der Waals surface area contributed by atoms with Crippen molar-refractivity contribution in [2.75, 3.05) is 38.2 Å². The SMILES string of the molecule is CCOCCOc1ccccc1C(=O)Nc1cccc(C(=O)N(CC)CC)c1. The number of carbonyl (C=O) groups excluding carboxylic acids is 2. The molecule has 6 nitrogen and oxygen atoms in total. The van der Waals surface area contributed by atoms with Crippen LogP contribution in [0.4, 0.5) is 5.69 Å². The first-order valence-electron chi connectivity index (χ1n) is 9.60. The molecular weight excluding hydrogens is 356 g/mol. The Labute approximate surface area is 166 Å². The highest BCUT2D eigenvalue weighted by Gasteiger charge is 2.15. The van der Waals surface area contributed by atoms with Crippen LogP contribution in [-0.2, 0) is 4.74 Å². The van der Waals surface area contributed by atoms with Crippen molar-refractivity contribution in [1.29, 1.82) is 0 Å². The van der Waals surface area contributed by atoms with E-state index in [0.29, 0.717) is 55.5 Å². The lowest BCUT2D eigenvalue weighted by Gasteiger charge is -2.19. The fourth-order valence-corrected chi connectivity index (χ4v) is 2.76. The van der Waals surface area contributed by atoms with Crippen LogP contribution in [0.25, 0.3) is 0 Å². The van der Waals surface area contributed by atoms with Gasteiger partial charge < -0.3 is 19.7 Å². The average molecular weight is 384 g/mol. The number of ether oxygens (including phenoxy) is 2. The number of nitrogens with one attached hydrogen (secondary N) is 1. The number of rotatable bonds is 10. The van der Waals surface area contributed by atoms with Crippen molar-refractivity contribution < 1.29 is 19.1 Å². The maximum atomic E-state index is 12.7. The van der Waals surface area contributed by atoms with Gasteiger partial charge in [-0.3, -0.25) is 9.59 Å². The minimum Gasteiger partial charge on any atom is -0.490 e. The minimum absolute atomic E-state index is 0.0549. The molecule has 0 heterocycles. The van der Waals surface area contributed by atoms with Crippen molar-refractivity contribution in [3.8, 4) is 5.75 Å². The summed E-state index contributed by atoms with van der Waals surface area (Å²) in [4.78, 5) is 27.0. The van der Waals surface area contributed by atoms with Gasteiger partial charge in [-0.1, -0.05) is 18.2 Å². The number of amides is 2. The number of anilines is 1. The van der Waals surface area contributed by atoms with E-state index in [-0.39, 0.29) is 11.8 Å². The molecule has 0 atom stereocenters. The number of nitrogens with zero attached hydrogens (tertiary/aromatic N) is 1. The zero-order valence-corrected chi connectivity index (χ0v) is 16.7. The van der Waals surface area contributed by atoms with Crippen LogP contribution in [0.5, 0.6) is 5.75 Å². The summed E-state index contributed by atoms with van der Waals surface area (Å²) in [6.45, 7) is 8.52. The van der Waals surface area contributed by atoms with Gasteiger partial charge in [0.1, 0.15) is 12.4 Å². The summed E-state index contributed by atoms with van der Waals surface area (Å²) in [5, 5.41) is 2.85. The van der Waals surface area contributed by atoms with Gasteiger partial charge in [0.15, 0.2) is 0 Å². The Kier molecular flexibility index (Phi) is 8.49. The molecule has 0 radical (unpaired) electrons. The quantitative estimate of drug-likeness (QED) is 0.632. The van der Waals surface area contributed by atoms with Crippen LogP contribution in [0.15, 0.2) is 48.5 Å². The number of hydrogen-bond acceptors (Lipinski definition) is 4. The van der Waals surface area contributed by atoms with E-state index in [9.17, 15) is 9.59 Å². The maximum Gasteiger partial charge on any atom is 0.259 e. The smallest absolute Gasteiger partial charge is 0.259 e. The van der Waals surface area contributed by atoms with Crippen LogP contribution in [0.3, 0.4) is 0 Å². The van der Waals surface area contributed by atoms with Crippen molar-refractivity contribution in [3.05, 3.63) is 59.7 Å². The molecule has 2 rings (SSSR count). The summed E-state index contributed by atoms with van der Waals surface area (Å²) >= 11 is 0. The fraction of sp³-hybridized carbons (Fsp3) is 0.364. The molecule has 28 heavy (non-hydrogen) atoms. The van der Waals surface area contributed by atoms with Gasteiger partial charge in [-0.05, 0) is 51.1 Å². The molecule has 2 amide bonds. The average Bonchev–Trinajstić information content (AvgIpc) is 2.72. The van der Waals surface area contributed by atoms with Crippen LogP contribution in [0.1, 0.15) is 41.5 Å². The Hall–Kier alpha value is -2.86. The lowest BCUT2D eigenvalue weighted by Crippen LogP contribution is -2.30. The molecule has 0 aliphatic carbocycles. The lowest BCUT2D eigenvalue weighted by molar-refractivity contribution is 0.0772. The van der Waals surface area contributed by atoms with E-state index in [2.05, 4.69) is 5.32 Å². The van der Waals surface area contributed by atoms with Crippen LogP contribution in [0.2, 0.25) is 0 Å². The third-order valence-electron chi connectivity index (χ3n) is 4.24. The Bertz CT molecular complexity index is 788. The molecule has 6 heteroatoms. The van der Waals surface area contributed by atoms with Gasteiger partial charge in [0.2, 0.25) is 0 Å². The molecule has 2 aromatic carbocycles. The van der Waals surface area contributed by atoms with E-state index in [1.165, 1.54) is 0 Å². The topological polar surface area (TPSA) is 67.9 Å². The van der Waals surface area contributed by atoms with Crippen molar-refractivity contribution in [3.63, 3.8) is 0 Å². The van der Waals surface area contributed by atoms with Gasteiger partial charge in [-0.2, -0.15) is 0 Å². The molecule has 1 N–H and O–H groups in total. The maximum absolute atomic E-state index is 12.7. The second-order valence-corrected chi connectivity index (χ2v) is 6.05. The lowest BCUT2D eigenvalue weighted by atomic mass is 10.1. The second kappa shape index (κ2) is 11.1. The normalized spacial score (nSPS) is 10.4. The van der Waals surface area contributed by atoms with Gasteiger partial charge in [0, 0.05) is 30.9 Å². The Morgan fingerprint density at radius 2 is 1.71 bits per heavy atom. The standard InChI is InChI=1S/C22H28N2O4/c1-4-24(5-2)22(26)17-10-9-11-18(16-17)23-21(25)19-12-7-8-13-20(19)28-15-14-27-6-3/h7-13,16H,4-6,14-15H2,1-3H3,(H,23,25). The van der Waals surface area contributed by atoms with E-state index in [1.54, 1.807) is 47.4 Å².